The smallest absolute Gasteiger partial charge is 0.319 e. The second-order valence-electron chi connectivity index (χ2n) is 4.90. The molecule has 0 unspecified atom stereocenters. The van der Waals surface area contributed by atoms with Crippen molar-refractivity contribution in [2.45, 2.75) is 6.92 Å². The standard InChI is InChI=1S/C17H18ClN3O2/c1-13(22)21(16-9-5-6-14(18)12-16)11-10-19-17(23)20-15-7-3-2-4-8-15/h2-9,12H,10-11H2,1H3,(H2,19,20,23). The van der Waals surface area contributed by atoms with Crippen molar-refractivity contribution in [3.8, 4) is 0 Å². The predicted molar refractivity (Wildman–Crippen MR) is 92.9 cm³/mol. The molecule has 2 N–H and O–H groups in total. The van der Waals surface area contributed by atoms with E-state index in [1.54, 1.807) is 41.3 Å². The average Bonchev–Trinajstić information content (AvgIpc) is 2.52. The molecule has 0 radical (unpaired) electrons. The number of rotatable bonds is 5. The highest BCUT2D eigenvalue weighted by Crippen LogP contribution is 2.19. The number of hydrogen-bond donors (Lipinski definition) is 2. The third-order valence-corrected chi connectivity index (χ3v) is 3.39. The third kappa shape index (κ3) is 5.30. The van der Waals surface area contributed by atoms with Crippen molar-refractivity contribution in [3.05, 3.63) is 59.6 Å². The van der Waals surface area contributed by atoms with Crippen molar-refractivity contribution in [3.63, 3.8) is 0 Å². The predicted octanol–water partition coefficient (Wildman–Crippen LogP) is 3.51. The minimum absolute atomic E-state index is 0.113. The Kier molecular flexibility index (Phi) is 6.00. The van der Waals surface area contributed by atoms with E-state index in [0.717, 1.165) is 0 Å². The van der Waals surface area contributed by atoms with E-state index >= 15 is 0 Å². The maximum absolute atomic E-state index is 11.8. The summed E-state index contributed by atoms with van der Waals surface area (Å²) in [7, 11) is 0. The topological polar surface area (TPSA) is 61.4 Å². The Labute approximate surface area is 140 Å². The first-order valence-corrected chi connectivity index (χ1v) is 7.57. The van der Waals surface area contributed by atoms with Gasteiger partial charge in [0.25, 0.3) is 0 Å². The van der Waals surface area contributed by atoms with Crippen LogP contribution in [-0.4, -0.2) is 25.0 Å². The number of anilines is 2. The van der Waals surface area contributed by atoms with Crippen LogP contribution in [0.4, 0.5) is 16.2 Å². The Hall–Kier alpha value is -2.53. The summed E-state index contributed by atoms with van der Waals surface area (Å²) < 4.78 is 0. The zero-order chi connectivity index (χ0) is 16.7. The van der Waals surface area contributed by atoms with Gasteiger partial charge in [-0.3, -0.25) is 4.79 Å². The van der Waals surface area contributed by atoms with Gasteiger partial charge in [-0.1, -0.05) is 35.9 Å². The molecule has 0 aliphatic carbocycles. The molecule has 120 valence electrons. The van der Waals surface area contributed by atoms with Gasteiger partial charge >= 0.3 is 6.03 Å². The van der Waals surface area contributed by atoms with Gasteiger partial charge in [0.1, 0.15) is 0 Å². The number of benzene rings is 2. The van der Waals surface area contributed by atoms with Crippen LogP contribution in [0, 0.1) is 0 Å². The third-order valence-electron chi connectivity index (χ3n) is 3.15. The van der Waals surface area contributed by atoms with Crippen LogP contribution in [0.2, 0.25) is 5.02 Å². The zero-order valence-electron chi connectivity index (χ0n) is 12.8. The summed E-state index contributed by atoms with van der Waals surface area (Å²) in [6.07, 6.45) is 0. The minimum Gasteiger partial charge on any atom is -0.336 e. The summed E-state index contributed by atoms with van der Waals surface area (Å²) in [5.74, 6) is -0.113. The Bertz CT molecular complexity index is 677. The van der Waals surface area contributed by atoms with Crippen molar-refractivity contribution >= 4 is 34.9 Å². The molecule has 2 aromatic carbocycles. The maximum atomic E-state index is 11.8. The fraction of sp³-hybridized carbons (Fsp3) is 0.176. The van der Waals surface area contributed by atoms with E-state index in [1.165, 1.54) is 6.92 Å². The number of carbonyl (C=O) groups is 2. The lowest BCUT2D eigenvalue weighted by atomic mass is 10.3. The summed E-state index contributed by atoms with van der Waals surface area (Å²) in [6.45, 7) is 2.16. The fourth-order valence-corrected chi connectivity index (χ4v) is 2.27. The number of halogens is 1. The van der Waals surface area contributed by atoms with Crippen LogP contribution in [0.1, 0.15) is 6.92 Å². The first kappa shape index (κ1) is 16.8. The largest absolute Gasteiger partial charge is 0.336 e. The molecule has 6 heteroatoms. The van der Waals surface area contributed by atoms with E-state index in [1.807, 2.05) is 18.2 Å². The van der Waals surface area contributed by atoms with Gasteiger partial charge in [0.15, 0.2) is 0 Å². The monoisotopic (exact) mass is 331 g/mol. The molecule has 2 aromatic rings. The van der Waals surface area contributed by atoms with Crippen LogP contribution in [0.15, 0.2) is 54.6 Å². The molecule has 0 aromatic heterocycles. The van der Waals surface area contributed by atoms with Gasteiger partial charge in [0.2, 0.25) is 5.91 Å². The van der Waals surface area contributed by atoms with Crippen LogP contribution in [-0.2, 0) is 4.79 Å². The minimum atomic E-state index is -0.314. The van der Waals surface area contributed by atoms with Crippen LogP contribution < -0.4 is 15.5 Å². The highest BCUT2D eigenvalue weighted by atomic mass is 35.5. The molecule has 3 amide bonds. The lowest BCUT2D eigenvalue weighted by Gasteiger charge is -2.21. The molecule has 0 saturated carbocycles. The molecule has 23 heavy (non-hydrogen) atoms. The second-order valence-corrected chi connectivity index (χ2v) is 5.33. The molecule has 0 atom stereocenters. The molecule has 0 spiro atoms. The van der Waals surface area contributed by atoms with Gasteiger partial charge in [0, 0.05) is 36.4 Å². The number of carbonyl (C=O) groups excluding carboxylic acids is 2. The average molecular weight is 332 g/mol. The van der Waals surface area contributed by atoms with Crippen LogP contribution >= 0.6 is 11.6 Å². The Balaban J connectivity index is 1.87. The second kappa shape index (κ2) is 8.19. The van der Waals surface area contributed by atoms with Crippen molar-refractivity contribution in [2.75, 3.05) is 23.3 Å². The summed E-state index contributed by atoms with van der Waals surface area (Å²) >= 11 is 5.95. The van der Waals surface area contributed by atoms with Crippen molar-refractivity contribution < 1.29 is 9.59 Å². The molecule has 0 heterocycles. The van der Waals surface area contributed by atoms with Crippen molar-refractivity contribution in [1.82, 2.24) is 5.32 Å². The molecule has 0 aliphatic rings. The molecule has 0 bridgehead atoms. The number of hydrogen-bond acceptors (Lipinski definition) is 2. The van der Waals surface area contributed by atoms with E-state index in [0.29, 0.717) is 29.5 Å². The van der Waals surface area contributed by atoms with Crippen molar-refractivity contribution in [2.24, 2.45) is 0 Å². The molecular weight excluding hydrogens is 314 g/mol. The van der Waals surface area contributed by atoms with Crippen molar-refractivity contribution in [1.29, 1.82) is 0 Å². The first-order chi connectivity index (χ1) is 11.1. The molecule has 5 nitrogen and oxygen atoms in total. The molecule has 0 fully saturated rings. The number of urea groups is 1. The van der Waals surface area contributed by atoms with E-state index in [4.69, 9.17) is 11.6 Å². The highest BCUT2D eigenvalue weighted by Gasteiger charge is 2.12. The van der Waals surface area contributed by atoms with Gasteiger partial charge in [-0.25, -0.2) is 4.79 Å². The molecule has 0 saturated heterocycles. The number of para-hydroxylation sites is 1. The fourth-order valence-electron chi connectivity index (χ4n) is 2.09. The molecule has 2 rings (SSSR count). The molecular formula is C17H18ClN3O2. The highest BCUT2D eigenvalue weighted by molar-refractivity contribution is 6.30. The lowest BCUT2D eigenvalue weighted by Crippen LogP contribution is -2.39. The Morgan fingerprint density at radius 2 is 1.83 bits per heavy atom. The van der Waals surface area contributed by atoms with E-state index in [-0.39, 0.29) is 11.9 Å². The first-order valence-electron chi connectivity index (χ1n) is 7.20. The number of nitrogens with zero attached hydrogens (tertiary/aromatic N) is 1. The van der Waals surface area contributed by atoms with Gasteiger partial charge < -0.3 is 15.5 Å². The van der Waals surface area contributed by atoms with Gasteiger partial charge in [0.05, 0.1) is 0 Å². The summed E-state index contributed by atoms with van der Waals surface area (Å²) in [5, 5.41) is 6.00. The van der Waals surface area contributed by atoms with Gasteiger partial charge in [-0.15, -0.1) is 0 Å². The Morgan fingerprint density at radius 1 is 1.09 bits per heavy atom. The number of nitrogens with one attached hydrogen (secondary N) is 2. The van der Waals surface area contributed by atoms with Crippen LogP contribution in [0.3, 0.4) is 0 Å². The van der Waals surface area contributed by atoms with Crippen LogP contribution in [0.5, 0.6) is 0 Å². The van der Waals surface area contributed by atoms with Gasteiger partial charge in [-0.2, -0.15) is 0 Å². The van der Waals surface area contributed by atoms with Gasteiger partial charge in [-0.05, 0) is 30.3 Å². The zero-order valence-corrected chi connectivity index (χ0v) is 13.5. The summed E-state index contributed by atoms with van der Waals surface area (Å²) in [4.78, 5) is 25.1. The normalized spacial score (nSPS) is 10.0. The van der Waals surface area contributed by atoms with Crippen LogP contribution in [0.25, 0.3) is 0 Å². The van der Waals surface area contributed by atoms with E-state index in [9.17, 15) is 9.59 Å². The summed E-state index contributed by atoms with van der Waals surface area (Å²) in [6, 6.07) is 15.9. The maximum Gasteiger partial charge on any atom is 0.319 e. The molecule has 0 aliphatic heterocycles. The summed E-state index contributed by atoms with van der Waals surface area (Å²) in [5.41, 5.74) is 1.42. The van der Waals surface area contributed by atoms with E-state index in [2.05, 4.69) is 10.6 Å². The van der Waals surface area contributed by atoms with E-state index < -0.39 is 0 Å². The Morgan fingerprint density at radius 3 is 2.48 bits per heavy atom. The SMILES string of the molecule is CC(=O)N(CCNC(=O)Nc1ccccc1)c1cccc(Cl)c1. The quantitative estimate of drug-likeness (QED) is 0.880. The lowest BCUT2D eigenvalue weighted by molar-refractivity contribution is -0.116. The number of amides is 3.